The molecule has 0 saturated heterocycles. The number of hydrogen-bond donors (Lipinski definition) is 0. The molecule has 4 heteroatoms. The van der Waals surface area contributed by atoms with E-state index in [4.69, 9.17) is 9.68 Å². The quantitative estimate of drug-likeness (QED) is 0.595. The molecule has 0 unspecified atom stereocenters. The van der Waals surface area contributed by atoms with Gasteiger partial charge in [0.05, 0.1) is 25.2 Å². The van der Waals surface area contributed by atoms with E-state index in [0.717, 1.165) is 22.1 Å². The van der Waals surface area contributed by atoms with Gasteiger partial charge in [0.15, 0.2) is 0 Å². The summed E-state index contributed by atoms with van der Waals surface area (Å²) in [7, 11) is 0. The second-order valence-electron chi connectivity index (χ2n) is 8.11. The maximum Gasteiger partial charge on any atom is 0.227 e. The Labute approximate surface area is 166 Å². The molecule has 0 spiro atoms. The number of furan rings is 1. The van der Waals surface area contributed by atoms with Crippen LogP contribution >= 0.6 is 0 Å². The third-order valence-corrected chi connectivity index (χ3v) is 4.92. The van der Waals surface area contributed by atoms with E-state index in [2.05, 4.69) is 39.0 Å². The molecule has 0 saturated carbocycles. The summed E-state index contributed by atoms with van der Waals surface area (Å²) < 4.78 is 5.67. The summed E-state index contributed by atoms with van der Waals surface area (Å²) in [5, 5.41) is 9.95. The van der Waals surface area contributed by atoms with Gasteiger partial charge in [0.2, 0.25) is 5.91 Å². The van der Waals surface area contributed by atoms with E-state index in [9.17, 15) is 4.79 Å². The average molecular weight is 374 g/mol. The lowest BCUT2D eigenvalue weighted by Crippen LogP contribution is -2.32. The van der Waals surface area contributed by atoms with Gasteiger partial charge in [-0.1, -0.05) is 57.2 Å². The summed E-state index contributed by atoms with van der Waals surface area (Å²) in [6.45, 7) is 7.44. The van der Waals surface area contributed by atoms with E-state index in [0.29, 0.717) is 19.5 Å². The SMILES string of the molecule is CC(C)(C)c1ccc2occ(CC(=O)N(CCC#N)Cc3ccccc3)c2c1. The van der Waals surface area contributed by atoms with Crippen molar-refractivity contribution in [2.45, 2.75) is 45.6 Å². The molecule has 0 radical (unpaired) electrons. The Balaban J connectivity index is 1.83. The van der Waals surface area contributed by atoms with Gasteiger partial charge in [0, 0.05) is 24.0 Å². The molecular weight excluding hydrogens is 348 g/mol. The monoisotopic (exact) mass is 374 g/mol. The molecule has 0 aliphatic rings. The fourth-order valence-electron chi connectivity index (χ4n) is 3.24. The van der Waals surface area contributed by atoms with Crippen LogP contribution in [0, 0.1) is 11.3 Å². The topological polar surface area (TPSA) is 57.2 Å². The Kier molecular flexibility index (Phi) is 5.84. The first-order valence-electron chi connectivity index (χ1n) is 9.58. The summed E-state index contributed by atoms with van der Waals surface area (Å²) in [5.74, 6) is 0.00275. The van der Waals surface area contributed by atoms with E-state index in [1.54, 1.807) is 11.2 Å². The average Bonchev–Trinajstić information content (AvgIpc) is 3.07. The molecule has 1 amide bonds. The zero-order valence-corrected chi connectivity index (χ0v) is 16.7. The minimum Gasteiger partial charge on any atom is -0.464 e. The van der Waals surface area contributed by atoms with Crippen molar-refractivity contribution in [3.05, 3.63) is 71.5 Å². The van der Waals surface area contributed by atoms with Gasteiger partial charge in [-0.25, -0.2) is 0 Å². The van der Waals surface area contributed by atoms with Gasteiger partial charge in [0.1, 0.15) is 5.58 Å². The molecule has 3 rings (SSSR count). The molecule has 0 bridgehead atoms. The number of fused-ring (bicyclic) bond motifs is 1. The van der Waals surface area contributed by atoms with Crippen LogP contribution in [-0.4, -0.2) is 17.4 Å². The number of carbonyl (C=O) groups excluding carboxylic acids is 1. The lowest BCUT2D eigenvalue weighted by Gasteiger charge is -2.22. The highest BCUT2D eigenvalue weighted by atomic mass is 16.3. The molecular formula is C24H26N2O2. The molecule has 4 nitrogen and oxygen atoms in total. The number of rotatable bonds is 6. The van der Waals surface area contributed by atoms with Crippen molar-refractivity contribution >= 4 is 16.9 Å². The summed E-state index contributed by atoms with van der Waals surface area (Å²) >= 11 is 0. The predicted octanol–water partition coefficient (Wildman–Crippen LogP) is 5.22. The Hall–Kier alpha value is -3.06. The van der Waals surface area contributed by atoms with E-state index >= 15 is 0 Å². The molecule has 3 aromatic rings. The second kappa shape index (κ2) is 8.31. The van der Waals surface area contributed by atoms with Crippen LogP contribution in [0.1, 0.15) is 43.9 Å². The van der Waals surface area contributed by atoms with Crippen LogP contribution in [-0.2, 0) is 23.2 Å². The van der Waals surface area contributed by atoms with Crippen molar-refractivity contribution in [1.29, 1.82) is 5.26 Å². The zero-order chi connectivity index (χ0) is 20.1. The van der Waals surface area contributed by atoms with Gasteiger partial charge in [-0.2, -0.15) is 5.26 Å². The molecule has 0 aliphatic carbocycles. The number of benzene rings is 2. The highest BCUT2D eigenvalue weighted by Crippen LogP contribution is 2.29. The van der Waals surface area contributed by atoms with Crippen LogP contribution in [0.3, 0.4) is 0 Å². The van der Waals surface area contributed by atoms with E-state index in [-0.39, 0.29) is 17.7 Å². The molecule has 0 N–H and O–H groups in total. The third-order valence-electron chi connectivity index (χ3n) is 4.92. The van der Waals surface area contributed by atoms with Crippen LogP contribution in [0.5, 0.6) is 0 Å². The summed E-state index contributed by atoms with van der Waals surface area (Å²) in [6.07, 6.45) is 2.26. The highest BCUT2D eigenvalue weighted by molar-refractivity contribution is 5.88. The largest absolute Gasteiger partial charge is 0.464 e. The van der Waals surface area contributed by atoms with Gasteiger partial charge in [-0.15, -0.1) is 0 Å². The molecule has 0 aliphatic heterocycles. The van der Waals surface area contributed by atoms with Crippen molar-refractivity contribution in [3.8, 4) is 6.07 Å². The standard InChI is InChI=1S/C24H26N2O2/c1-24(2,3)20-10-11-22-21(15-20)19(17-28-22)14-23(27)26(13-7-12-25)16-18-8-5-4-6-9-18/h4-6,8-11,15,17H,7,13-14,16H2,1-3H3. The first-order chi connectivity index (χ1) is 13.4. The minimum atomic E-state index is 0.00275. The van der Waals surface area contributed by atoms with Crippen LogP contribution in [0.15, 0.2) is 59.2 Å². The van der Waals surface area contributed by atoms with Gasteiger partial charge in [-0.05, 0) is 28.7 Å². The van der Waals surface area contributed by atoms with Crippen LogP contribution in [0.4, 0.5) is 0 Å². The van der Waals surface area contributed by atoms with Crippen LogP contribution in [0.25, 0.3) is 11.0 Å². The van der Waals surface area contributed by atoms with Crippen LogP contribution in [0.2, 0.25) is 0 Å². The molecule has 0 atom stereocenters. The number of carbonyl (C=O) groups is 1. The van der Waals surface area contributed by atoms with Gasteiger partial charge < -0.3 is 9.32 Å². The zero-order valence-electron chi connectivity index (χ0n) is 16.7. The Morgan fingerprint density at radius 2 is 1.89 bits per heavy atom. The van der Waals surface area contributed by atoms with Crippen molar-refractivity contribution in [2.75, 3.05) is 6.54 Å². The van der Waals surface area contributed by atoms with E-state index in [1.165, 1.54) is 5.56 Å². The maximum absolute atomic E-state index is 13.0. The summed E-state index contributed by atoms with van der Waals surface area (Å²) in [5.41, 5.74) is 3.98. The predicted molar refractivity (Wildman–Crippen MR) is 111 cm³/mol. The van der Waals surface area contributed by atoms with E-state index in [1.807, 2.05) is 36.4 Å². The lowest BCUT2D eigenvalue weighted by molar-refractivity contribution is -0.131. The van der Waals surface area contributed by atoms with Crippen molar-refractivity contribution < 1.29 is 9.21 Å². The highest BCUT2D eigenvalue weighted by Gasteiger charge is 2.19. The van der Waals surface area contributed by atoms with Crippen molar-refractivity contribution in [2.24, 2.45) is 0 Å². The van der Waals surface area contributed by atoms with Crippen LogP contribution < -0.4 is 0 Å². The normalized spacial score (nSPS) is 11.4. The Morgan fingerprint density at radius 3 is 2.57 bits per heavy atom. The molecule has 0 fully saturated rings. The summed E-state index contributed by atoms with van der Waals surface area (Å²) in [4.78, 5) is 14.8. The smallest absolute Gasteiger partial charge is 0.227 e. The van der Waals surface area contributed by atoms with Crippen molar-refractivity contribution in [3.63, 3.8) is 0 Å². The molecule has 1 aromatic heterocycles. The fourth-order valence-corrected chi connectivity index (χ4v) is 3.24. The first-order valence-corrected chi connectivity index (χ1v) is 9.58. The molecule has 2 aromatic carbocycles. The number of nitriles is 1. The molecule has 28 heavy (non-hydrogen) atoms. The van der Waals surface area contributed by atoms with Crippen molar-refractivity contribution in [1.82, 2.24) is 4.90 Å². The molecule has 144 valence electrons. The third kappa shape index (κ3) is 4.61. The number of hydrogen-bond acceptors (Lipinski definition) is 3. The number of nitrogens with zero attached hydrogens (tertiary/aromatic N) is 2. The van der Waals surface area contributed by atoms with Gasteiger partial charge in [-0.3, -0.25) is 4.79 Å². The molecule has 1 heterocycles. The van der Waals surface area contributed by atoms with Gasteiger partial charge >= 0.3 is 0 Å². The minimum absolute atomic E-state index is 0.00275. The fraction of sp³-hybridized carbons (Fsp3) is 0.333. The van der Waals surface area contributed by atoms with Gasteiger partial charge in [0.25, 0.3) is 0 Å². The summed E-state index contributed by atoms with van der Waals surface area (Å²) in [6, 6.07) is 18.2. The number of amides is 1. The Morgan fingerprint density at radius 1 is 1.14 bits per heavy atom. The first kappa shape index (κ1) is 19.7. The maximum atomic E-state index is 13.0. The second-order valence-corrected chi connectivity index (χ2v) is 8.11. The van der Waals surface area contributed by atoms with E-state index < -0.39 is 0 Å². The Bertz CT molecular complexity index is 991. The lowest BCUT2D eigenvalue weighted by atomic mass is 9.86.